The van der Waals surface area contributed by atoms with Gasteiger partial charge >= 0.3 is 5.97 Å². The lowest BCUT2D eigenvalue weighted by Crippen LogP contribution is -2.60. The number of piperidine rings is 1. The Bertz CT molecular complexity index is 730. The first-order chi connectivity index (χ1) is 12.7. The maximum atomic E-state index is 12.7. The lowest BCUT2D eigenvalue weighted by molar-refractivity contribution is -0.206. The van der Waals surface area contributed by atoms with Crippen LogP contribution in [0.1, 0.15) is 65.7 Å². The fraction of sp³-hybridized carbons (Fsp3) is 0.762. The van der Waals surface area contributed by atoms with E-state index in [1.54, 1.807) is 0 Å². The molecule has 0 aromatic carbocycles. The van der Waals surface area contributed by atoms with Gasteiger partial charge in [-0.15, -0.1) is 0 Å². The fourth-order valence-corrected chi connectivity index (χ4v) is 6.55. The van der Waals surface area contributed by atoms with Crippen LogP contribution >= 0.6 is 0 Å². The number of amides is 2. The van der Waals surface area contributed by atoms with E-state index in [1.165, 1.54) is 12.5 Å². The van der Waals surface area contributed by atoms with Crippen LogP contribution in [0.25, 0.3) is 0 Å². The molecule has 0 spiro atoms. The van der Waals surface area contributed by atoms with E-state index < -0.39 is 17.2 Å². The summed E-state index contributed by atoms with van der Waals surface area (Å²) in [6, 6.07) is 0. The molecule has 6 heteroatoms. The van der Waals surface area contributed by atoms with Crippen LogP contribution in [0.2, 0.25) is 0 Å². The Labute approximate surface area is 159 Å². The highest BCUT2D eigenvalue weighted by Crippen LogP contribution is 2.63. The molecular weight excluding hydrogens is 346 g/mol. The summed E-state index contributed by atoms with van der Waals surface area (Å²) in [4.78, 5) is 36.2. The number of carbonyl (C=O) groups excluding carboxylic acids is 3. The molecule has 4 aliphatic rings. The summed E-state index contributed by atoms with van der Waals surface area (Å²) in [6.45, 7) is 5.70. The highest BCUT2D eigenvalue weighted by atomic mass is 16.5. The Morgan fingerprint density at radius 3 is 2.56 bits per heavy atom. The number of nitrogens with zero attached hydrogens (tertiary/aromatic N) is 1. The normalized spacial score (nSPS) is 44.0. The zero-order valence-corrected chi connectivity index (χ0v) is 16.4. The molecule has 6 unspecified atom stereocenters. The Kier molecular flexibility index (Phi) is 4.26. The van der Waals surface area contributed by atoms with E-state index in [0.717, 1.165) is 32.1 Å². The molecule has 1 N–H and O–H groups in total. The molecule has 0 aromatic heterocycles. The molecule has 3 aliphatic carbocycles. The Morgan fingerprint density at radius 1 is 1.15 bits per heavy atom. The van der Waals surface area contributed by atoms with E-state index in [1.807, 2.05) is 6.92 Å². The van der Waals surface area contributed by atoms with Gasteiger partial charge in [0, 0.05) is 19.8 Å². The van der Waals surface area contributed by atoms with Crippen LogP contribution < -0.4 is 0 Å². The third kappa shape index (κ3) is 2.67. The lowest BCUT2D eigenvalue weighted by atomic mass is 9.46. The number of ether oxygens (including phenoxy) is 1. The smallest absolute Gasteiger partial charge is 0.302 e. The molecule has 1 aliphatic heterocycles. The molecule has 4 rings (SSSR count). The van der Waals surface area contributed by atoms with Crippen LogP contribution in [0.4, 0.5) is 0 Å². The van der Waals surface area contributed by atoms with Crippen molar-refractivity contribution in [2.75, 3.05) is 0 Å². The van der Waals surface area contributed by atoms with Crippen LogP contribution in [-0.4, -0.2) is 34.2 Å². The Hall–Kier alpha value is -1.69. The molecule has 1 heterocycles. The molecule has 1 saturated heterocycles. The number of hydrogen-bond acceptors (Lipinski definition) is 5. The van der Waals surface area contributed by atoms with Crippen LogP contribution in [0, 0.1) is 28.6 Å². The van der Waals surface area contributed by atoms with Gasteiger partial charge in [0.15, 0.2) is 0 Å². The largest absolute Gasteiger partial charge is 0.462 e. The minimum Gasteiger partial charge on any atom is -0.462 e. The summed E-state index contributed by atoms with van der Waals surface area (Å²) in [6.07, 6.45) is 7.61. The van der Waals surface area contributed by atoms with Gasteiger partial charge in [-0.2, -0.15) is 5.06 Å². The van der Waals surface area contributed by atoms with Crippen molar-refractivity contribution in [1.29, 1.82) is 0 Å². The molecule has 148 valence electrons. The zero-order valence-electron chi connectivity index (χ0n) is 16.4. The summed E-state index contributed by atoms with van der Waals surface area (Å²) in [7, 11) is 0. The van der Waals surface area contributed by atoms with Gasteiger partial charge in [0.05, 0.1) is 5.41 Å². The average molecular weight is 375 g/mol. The Morgan fingerprint density at radius 2 is 1.85 bits per heavy atom. The maximum absolute atomic E-state index is 12.7. The van der Waals surface area contributed by atoms with Crippen molar-refractivity contribution in [1.82, 2.24) is 5.06 Å². The second-order valence-electron chi connectivity index (χ2n) is 9.40. The Balaban J connectivity index is 1.62. The van der Waals surface area contributed by atoms with Crippen molar-refractivity contribution < 1.29 is 24.3 Å². The average Bonchev–Trinajstić information content (AvgIpc) is 2.61. The minimum absolute atomic E-state index is 0.0135. The molecular formula is C21H29NO5. The number of imide groups is 1. The summed E-state index contributed by atoms with van der Waals surface area (Å²) in [5, 5.41) is 10.2. The van der Waals surface area contributed by atoms with Gasteiger partial charge in [-0.25, -0.2) is 0 Å². The summed E-state index contributed by atoms with van der Waals surface area (Å²) in [5.74, 6) is -0.425. The van der Waals surface area contributed by atoms with Gasteiger partial charge in [-0.3, -0.25) is 19.6 Å². The standard InChI is InChI=1S/C21H29NO5/c1-12(23)27-14-6-8-20(2)13(10-14)4-5-15-16(20)7-9-21(3)17(15)11-18(24)22(26)19(21)25/h4,14-17,26H,5-11H2,1-3H3. The maximum Gasteiger partial charge on any atom is 0.302 e. The van der Waals surface area contributed by atoms with Crippen LogP contribution in [0.15, 0.2) is 11.6 Å². The number of fused-ring (bicyclic) bond motifs is 5. The van der Waals surface area contributed by atoms with Crippen molar-refractivity contribution in [2.24, 2.45) is 28.6 Å². The van der Waals surface area contributed by atoms with Gasteiger partial charge in [-0.1, -0.05) is 25.5 Å². The van der Waals surface area contributed by atoms with Crippen molar-refractivity contribution in [3.63, 3.8) is 0 Å². The van der Waals surface area contributed by atoms with Gasteiger partial charge < -0.3 is 4.74 Å². The first kappa shape index (κ1) is 18.7. The number of hydrogen-bond donors (Lipinski definition) is 1. The molecule has 6 nitrogen and oxygen atoms in total. The third-order valence-corrected chi connectivity index (χ3v) is 8.09. The van der Waals surface area contributed by atoms with Crippen molar-refractivity contribution in [2.45, 2.75) is 71.8 Å². The van der Waals surface area contributed by atoms with Gasteiger partial charge in [0.25, 0.3) is 11.8 Å². The minimum atomic E-state index is -0.652. The molecule has 2 saturated carbocycles. The fourth-order valence-electron chi connectivity index (χ4n) is 6.55. The van der Waals surface area contributed by atoms with E-state index in [0.29, 0.717) is 17.4 Å². The molecule has 27 heavy (non-hydrogen) atoms. The van der Waals surface area contributed by atoms with Crippen molar-refractivity contribution in [3.8, 4) is 0 Å². The van der Waals surface area contributed by atoms with E-state index in [2.05, 4.69) is 13.0 Å². The quantitative estimate of drug-likeness (QED) is 0.329. The zero-order chi connectivity index (χ0) is 19.6. The van der Waals surface area contributed by atoms with E-state index in [9.17, 15) is 19.6 Å². The summed E-state index contributed by atoms with van der Waals surface area (Å²) < 4.78 is 5.46. The monoisotopic (exact) mass is 375 g/mol. The number of carbonyl (C=O) groups is 3. The van der Waals surface area contributed by atoms with Gasteiger partial charge in [0.1, 0.15) is 6.10 Å². The highest BCUT2D eigenvalue weighted by Gasteiger charge is 2.60. The predicted molar refractivity (Wildman–Crippen MR) is 96.3 cm³/mol. The third-order valence-electron chi connectivity index (χ3n) is 8.09. The second-order valence-corrected chi connectivity index (χ2v) is 9.40. The van der Waals surface area contributed by atoms with E-state index >= 15 is 0 Å². The summed E-state index contributed by atoms with van der Waals surface area (Å²) in [5.41, 5.74) is 0.770. The molecule has 0 aromatic rings. The molecule has 0 radical (unpaired) electrons. The summed E-state index contributed by atoms with van der Waals surface area (Å²) >= 11 is 0. The number of hydroxylamine groups is 2. The number of esters is 1. The first-order valence-corrected chi connectivity index (χ1v) is 10.1. The van der Waals surface area contributed by atoms with Gasteiger partial charge in [-0.05, 0) is 55.3 Å². The van der Waals surface area contributed by atoms with Crippen LogP contribution in [-0.2, 0) is 19.1 Å². The molecule has 6 atom stereocenters. The predicted octanol–water partition coefficient (Wildman–Crippen LogP) is 3.24. The number of rotatable bonds is 1. The van der Waals surface area contributed by atoms with E-state index in [4.69, 9.17) is 4.74 Å². The van der Waals surface area contributed by atoms with Crippen molar-refractivity contribution in [3.05, 3.63) is 11.6 Å². The highest BCUT2D eigenvalue weighted by molar-refractivity contribution is 5.99. The topological polar surface area (TPSA) is 83.9 Å². The molecule has 2 amide bonds. The number of allylic oxidation sites excluding steroid dienone is 1. The van der Waals surface area contributed by atoms with Crippen molar-refractivity contribution >= 4 is 17.8 Å². The SMILES string of the molecule is CC(=O)OC1CCC2(C)C(=CCC3C4CC(=O)N(O)C(=O)C4(C)CCC32)C1. The first-order valence-electron chi connectivity index (χ1n) is 10.1. The molecule has 3 fully saturated rings. The van der Waals surface area contributed by atoms with Gasteiger partial charge in [0.2, 0.25) is 0 Å². The van der Waals surface area contributed by atoms with Crippen LogP contribution in [0.3, 0.4) is 0 Å². The molecule has 0 bridgehead atoms. The lowest BCUT2D eigenvalue weighted by Gasteiger charge is -2.59. The van der Waals surface area contributed by atoms with E-state index in [-0.39, 0.29) is 35.7 Å². The second kappa shape index (κ2) is 6.16. The van der Waals surface area contributed by atoms with Crippen LogP contribution in [0.5, 0.6) is 0 Å².